The Morgan fingerprint density at radius 1 is 0.857 bits per heavy atom. The second-order valence-corrected chi connectivity index (χ2v) is 7.63. The Hall–Kier alpha value is -1.70. The van der Waals surface area contributed by atoms with Crippen molar-refractivity contribution < 1.29 is 4.39 Å². The molecule has 2 heteroatoms. The van der Waals surface area contributed by atoms with Gasteiger partial charge in [0.2, 0.25) is 0 Å². The smallest absolute Gasteiger partial charge is 0.127 e. The quantitative estimate of drug-likeness (QED) is 0.676. The summed E-state index contributed by atoms with van der Waals surface area (Å²) >= 11 is 0. The molecule has 1 aromatic heterocycles. The van der Waals surface area contributed by atoms with E-state index in [9.17, 15) is 4.39 Å². The lowest BCUT2D eigenvalue weighted by Crippen LogP contribution is -2.13. The van der Waals surface area contributed by atoms with Crippen LogP contribution >= 0.6 is 0 Å². The van der Waals surface area contributed by atoms with E-state index in [1.54, 1.807) is 6.07 Å². The first-order valence-corrected chi connectivity index (χ1v) is 7.36. The summed E-state index contributed by atoms with van der Waals surface area (Å²) < 4.78 is 14.3. The number of halogens is 1. The number of hydrogen-bond acceptors (Lipinski definition) is 1. The molecule has 0 aliphatic heterocycles. The molecule has 1 heterocycles. The number of rotatable bonds is 1. The molecule has 0 radical (unpaired) electrons. The molecular weight excluding hydrogens is 261 g/mol. The number of nitrogens with zero attached hydrogens (tertiary/aromatic N) is 1. The van der Waals surface area contributed by atoms with Crippen LogP contribution in [0.3, 0.4) is 0 Å². The third-order valence-corrected chi connectivity index (χ3v) is 3.70. The average molecular weight is 285 g/mol. The standard InChI is InChI=1S/C19H24FN/c1-18(2,3)14-8-10-17(21-12-14)13-7-9-15(16(20)11-13)19(4,5)6/h7-12H,1-6H3. The molecule has 112 valence electrons. The van der Waals surface area contributed by atoms with Crippen LogP contribution in [-0.4, -0.2) is 4.98 Å². The van der Waals surface area contributed by atoms with E-state index in [4.69, 9.17) is 0 Å². The van der Waals surface area contributed by atoms with Gasteiger partial charge in [-0.2, -0.15) is 0 Å². The van der Waals surface area contributed by atoms with Crippen LogP contribution in [-0.2, 0) is 10.8 Å². The van der Waals surface area contributed by atoms with Crippen molar-refractivity contribution in [2.45, 2.75) is 52.4 Å². The lowest BCUT2D eigenvalue weighted by molar-refractivity contribution is 0.523. The highest BCUT2D eigenvalue weighted by Gasteiger charge is 2.19. The summed E-state index contributed by atoms with van der Waals surface area (Å²) in [5, 5.41) is 0. The number of hydrogen-bond donors (Lipinski definition) is 0. The molecule has 0 spiro atoms. The maximum absolute atomic E-state index is 14.3. The highest BCUT2D eigenvalue weighted by atomic mass is 19.1. The second kappa shape index (κ2) is 5.25. The fourth-order valence-electron chi connectivity index (χ4n) is 2.29. The summed E-state index contributed by atoms with van der Waals surface area (Å²) in [6, 6.07) is 9.43. The molecule has 0 amide bonds. The van der Waals surface area contributed by atoms with E-state index >= 15 is 0 Å². The van der Waals surface area contributed by atoms with Crippen molar-refractivity contribution in [2.75, 3.05) is 0 Å². The van der Waals surface area contributed by atoms with Gasteiger partial charge < -0.3 is 0 Å². The summed E-state index contributed by atoms with van der Waals surface area (Å²) in [6.07, 6.45) is 1.88. The van der Waals surface area contributed by atoms with Gasteiger partial charge in [0.25, 0.3) is 0 Å². The minimum absolute atomic E-state index is 0.0763. The average Bonchev–Trinajstić information content (AvgIpc) is 2.36. The minimum atomic E-state index is -0.188. The molecule has 0 saturated carbocycles. The lowest BCUT2D eigenvalue weighted by Gasteiger charge is -2.20. The highest BCUT2D eigenvalue weighted by Crippen LogP contribution is 2.29. The Labute approximate surface area is 127 Å². The van der Waals surface area contributed by atoms with Gasteiger partial charge in [-0.15, -0.1) is 0 Å². The first-order chi connectivity index (χ1) is 9.59. The van der Waals surface area contributed by atoms with Gasteiger partial charge in [0.1, 0.15) is 5.82 Å². The van der Waals surface area contributed by atoms with Crippen molar-refractivity contribution in [3.8, 4) is 11.3 Å². The normalized spacial score (nSPS) is 12.5. The minimum Gasteiger partial charge on any atom is -0.256 e. The molecule has 0 bridgehead atoms. The van der Waals surface area contributed by atoms with Gasteiger partial charge in [0.05, 0.1) is 5.69 Å². The highest BCUT2D eigenvalue weighted by molar-refractivity contribution is 5.60. The Balaban J connectivity index is 2.37. The molecule has 0 aliphatic carbocycles. The van der Waals surface area contributed by atoms with Crippen molar-refractivity contribution in [1.82, 2.24) is 4.98 Å². The third kappa shape index (κ3) is 3.49. The van der Waals surface area contributed by atoms with Gasteiger partial charge in [0, 0.05) is 11.8 Å². The molecule has 2 aromatic rings. The second-order valence-electron chi connectivity index (χ2n) is 7.63. The Bertz CT molecular complexity index is 628. The van der Waals surface area contributed by atoms with Gasteiger partial charge in [-0.25, -0.2) is 4.39 Å². The summed E-state index contributed by atoms with van der Waals surface area (Å²) in [7, 11) is 0. The van der Waals surface area contributed by atoms with Crippen LogP contribution in [0.4, 0.5) is 4.39 Å². The number of benzene rings is 1. The fraction of sp³-hybridized carbons (Fsp3) is 0.421. The Kier molecular flexibility index (Phi) is 3.92. The van der Waals surface area contributed by atoms with Crippen molar-refractivity contribution in [3.63, 3.8) is 0 Å². The van der Waals surface area contributed by atoms with Crippen LogP contribution in [0.1, 0.15) is 52.7 Å². The van der Waals surface area contributed by atoms with Crippen LogP contribution in [0.25, 0.3) is 11.3 Å². The molecule has 0 N–H and O–H groups in total. The van der Waals surface area contributed by atoms with Gasteiger partial charge in [-0.3, -0.25) is 4.98 Å². The molecule has 0 saturated heterocycles. The summed E-state index contributed by atoms with van der Waals surface area (Å²) in [5.41, 5.74) is 3.43. The molecule has 21 heavy (non-hydrogen) atoms. The van der Waals surface area contributed by atoms with Crippen molar-refractivity contribution in [2.24, 2.45) is 0 Å². The number of aromatic nitrogens is 1. The maximum Gasteiger partial charge on any atom is 0.127 e. The predicted molar refractivity (Wildman–Crippen MR) is 87.0 cm³/mol. The van der Waals surface area contributed by atoms with Crippen molar-refractivity contribution in [1.29, 1.82) is 0 Å². The van der Waals surface area contributed by atoms with Crippen LogP contribution in [0.5, 0.6) is 0 Å². The summed E-state index contributed by atoms with van der Waals surface area (Å²) in [5.74, 6) is -0.165. The van der Waals surface area contributed by atoms with Gasteiger partial charge in [-0.1, -0.05) is 59.7 Å². The Morgan fingerprint density at radius 3 is 1.95 bits per heavy atom. The van der Waals surface area contributed by atoms with Gasteiger partial charge in [-0.05, 0) is 34.1 Å². The van der Waals surface area contributed by atoms with E-state index in [2.05, 4.69) is 31.8 Å². The molecule has 1 nitrogen and oxygen atoms in total. The first kappa shape index (κ1) is 15.7. The monoisotopic (exact) mass is 285 g/mol. The van der Waals surface area contributed by atoms with Crippen LogP contribution < -0.4 is 0 Å². The van der Waals surface area contributed by atoms with Crippen LogP contribution in [0.15, 0.2) is 36.5 Å². The molecule has 0 aliphatic rings. The molecule has 2 rings (SSSR count). The van der Waals surface area contributed by atoms with Gasteiger partial charge >= 0.3 is 0 Å². The van der Waals surface area contributed by atoms with Crippen molar-refractivity contribution >= 4 is 0 Å². The van der Waals surface area contributed by atoms with E-state index in [1.807, 2.05) is 45.2 Å². The zero-order valence-electron chi connectivity index (χ0n) is 13.8. The predicted octanol–water partition coefficient (Wildman–Crippen LogP) is 5.48. The summed E-state index contributed by atoms with van der Waals surface area (Å²) in [6.45, 7) is 12.5. The molecule has 1 aromatic carbocycles. The molecular formula is C19H24FN. The largest absolute Gasteiger partial charge is 0.256 e. The molecule has 0 atom stereocenters. The molecule has 0 fully saturated rings. The first-order valence-electron chi connectivity index (χ1n) is 7.36. The maximum atomic E-state index is 14.3. The number of pyridine rings is 1. The summed E-state index contributed by atoms with van der Waals surface area (Å²) in [4.78, 5) is 4.48. The molecule has 0 unspecified atom stereocenters. The lowest BCUT2D eigenvalue weighted by atomic mass is 9.85. The third-order valence-electron chi connectivity index (χ3n) is 3.70. The SMILES string of the molecule is CC(C)(C)c1ccc(-c2ccc(C(C)(C)C)c(F)c2)nc1. The van der Waals surface area contributed by atoms with E-state index < -0.39 is 0 Å². The van der Waals surface area contributed by atoms with E-state index in [-0.39, 0.29) is 16.6 Å². The van der Waals surface area contributed by atoms with Gasteiger partial charge in [0.15, 0.2) is 0 Å². The van der Waals surface area contributed by atoms with Crippen molar-refractivity contribution in [3.05, 3.63) is 53.5 Å². The Morgan fingerprint density at radius 2 is 1.52 bits per heavy atom. The van der Waals surface area contributed by atoms with Crippen LogP contribution in [0.2, 0.25) is 0 Å². The van der Waals surface area contributed by atoms with E-state index in [0.29, 0.717) is 0 Å². The zero-order chi connectivity index (χ0) is 15.8. The fourth-order valence-corrected chi connectivity index (χ4v) is 2.29. The topological polar surface area (TPSA) is 12.9 Å². The van der Waals surface area contributed by atoms with E-state index in [1.165, 1.54) is 5.56 Å². The van der Waals surface area contributed by atoms with Crippen LogP contribution in [0, 0.1) is 5.82 Å². The zero-order valence-corrected chi connectivity index (χ0v) is 13.8. The van der Waals surface area contributed by atoms with E-state index in [0.717, 1.165) is 16.8 Å².